The van der Waals surface area contributed by atoms with E-state index in [0.717, 1.165) is 10.6 Å². The number of hydrogen-bond acceptors (Lipinski definition) is 4. The van der Waals surface area contributed by atoms with Crippen LogP contribution in [0.15, 0.2) is 29.6 Å². The molecule has 1 aromatic heterocycles. The molecule has 0 radical (unpaired) electrons. The van der Waals surface area contributed by atoms with Crippen LogP contribution in [0.3, 0.4) is 0 Å². The summed E-state index contributed by atoms with van der Waals surface area (Å²) in [5, 5.41) is 5.96. The molecule has 0 aliphatic heterocycles. The third kappa shape index (κ3) is 3.32. The lowest BCUT2D eigenvalue weighted by Gasteiger charge is -2.14. The van der Waals surface area contributed by atoms with E-state index >= 15 is 0 Å². The second kappa shape index (κ2) is 6.14. The number of aromatic nitrogens is 1. The van der Waals surface area contributed by atoms with Gasteiger partial charge in [-0.05, 0) is 18.6 Å². The summed E-state index contributed by atoms with van der Waals surface area (Å²) in [6.07, 6.45) is 0. The molecule has 100 valence electrons. The van der Waals surface area contributed by atoms with Crippen LogP contribution in [0.4, 0.5) is 0 Å². The van der Waals surface area contributed by atoms with Gasteiger partial charge >= 0.3 is 0 Å². The molecule has 1 heterocycles. The van der Waals surface area contributed by atoms with Crippen molar-refractivity contribution in [1.82, 2.24) is 10.3 Å². The Balaban J connectivity index is 2.08. The van der Waals surface area contributed by atoms with Crippen molar-refractivity contribution in [2.45, 2.75) is 19.5 Å². The second-order valence-electron chi connectivity index (χ2n) is 4.05. The number of carbonyl (C=O) groups excluding carboxylic acids is 1. The first-order chi connectivity index (χ1) is 9.11. The minimum Gasteiger partial charge on any atom is -0.344 e. The molecule has 0 aliphatic rings. The Morgan fingerprint density at radius 2 is 2.26 bits per heavy atom. The van der Waals surface area contributed by atoms with Crippen molar-refractivity contribution in [1.29, 1.82) is 0 Å². The van der Waals surface area contributed by atoms with Crippen LogP contribution in [0, 0.1) is 0 Å². The smallest absolute Gasteiger partial charge is 0.271 e. The molecule has 0 bridgehead atoms. The monoisotopic (exact) mass is 295 g/mol. The van der Waals surface area contributed by atoms with Crippen LogP contribution in [0.25, 0.3) is 0 Å². The van der Waals surface area contributed by atoms with Crippen LogP contribution in [-0.4, -0.2) is 10.9 Å². The number of thiazole rings is 1. The van der Waals surface area contributed by atoms with E-state index in [1.165, 1.54) is 11.3 Å². The zero-order chi connectivity index (χ0) is 13.8. The van der Waals surface area contributed by atoms with Gasteiger partial charge in [0.15, 0.2) is 0 Å². The van der Waals surface area contributed by atoms with Crippen LogP contribution in [-0.2, 0) is 6.54 Å². The highest BCUT2D eigenvalue weighted by Crippen LogP contribution is 2.22. The summed E-state index contributed by atoms with van der Waals surface area (Å²) in [5.41, 5.74) is 6.75. The molecule has 1 atom stereocenters. The maximum absolute atomic E-state index is 12.0. The third-order valence-electron chi connectivity index (χ3n) is 2.68. The summed E-state index contributed by atoms with van der Waals surface area (Å²) in [6, 6.07) is 7.26. The normalized spacial score (nSPS) is 12.2. The molecule has 2 rings (SSSR count). The Hall–Kier alpha value is -1.43. The minimum atomic E-state index is -0.219. The lowest BCUT2D eigenvalue weighted by atomic mass is 10.1. The summed E-state index contributed by atoms with van der Waals surface area (Å²) in [6.45, 7) is 2.23. The number of rotatable bonds is 4. The van der Waals surface area contributed by atoms with Gasteiger partial charge in [-0.3, -0.25) is 4.79 Å². The van der Waals surface area contributed by atoms with Gasteiger partial charge in [-0.2, -0.15) is 0 Å². The molecular formula is C13H14ClN3OS. The zero-order valence-corrected chi connectivity index (χ0v) is 12.0. The molecular weight excluding hydrogens is 282 g/mol. The summed E-state index contributed by atoms with van der Waals surface area (Å²) >= 11 is 7.47. The van der Waals surface area contributed by atoms with Crippen molar-refractivity contribution >= 4 is 28.8 Å². The van der Waals surface area contributed by atoms with E-state index in [2.05, 4.69) is 10.3 Å². The predicted octanol–water partition coefficient (Wildman–Crippen LogP) is 2.75. The molecule has 2 aromatic rings. The molecule has 4 nitrogen and oxygen atoms in total. The van der Waals surface area contributed by atoms with Gasteiger partial charge in [-0.15, -0.1) is 11.3 Å². The van der Waals surface area contributed by atoms with Crippen molar-refractivity contribution in [2.24, 2.45) is 5.73 Å². The molecule has 0 fully saturated rings. The van der Waals surface area contributed by atoms with Gasteiger partial charge in [0.05, 0.1) is 6.04 Å². The molecule has 6 heteroatoms. The molecule has 19 heavy (non-hydrogen) atoms. The van der Waals surface area contributed by atoms with Gasteiger partial charge in [-0.25, -0.2) is 4.98 Å². The lowest BCUT2D eigenvalue weighted by molar-refractivity contribution is 0.0935. The highest BCUT2D eigenvalue weighted by Gasteiger charge is 2.15. The van der Waals surface area contributed by atoms with E-state index in [1.807, 2.05) is 25.1 Å². The Kier molecular flexibility index (Phi) is 4.52. The van der Waals surface area contributed by atoms with E-state index in [-0.39, 0.29) is 11.9 Å². The summed E-state index contributed by atoms with van der Waals surface area (Å²) in [5.74, 6) is -0.219. The fraction of sp³-hybridized carbons (Fsp3) is 0.231. The number of nitrogens with one attached hydrogen (secondary N) is 1. The number of amides is 1. The van der Waals surface area contributed by atoms with Crippen LogP contribution in [0.5, 0.6) is 0 Å². The Bertz CT molecular complexity index is 585. The lowest BCUT2D eigenvalue weighted by Crippen LogP contribution is -2.27. The summed E-state index contributed by atoms with van der Waals surface area (Å²) in [7, 11) is 0. The van der Waals surface area contributed by atoms with Crippen LogP contribution in [0.1, 0.15) is 34.0 Å². The van der Waals surface area contributed by atoms with Crippen molar-refractivity contribution in [3.63, 3.8) is 0 Å². The van der Waals surface area contributed by atoms with Crippen molar-refractivity contribution in [3.8, 4) is 0 Å². The first-order valence-corrected chi connectivity index (χ1v) is 7.07. The first-order valence-electron chi connectivity index (χ1n) is 5.81. The van der Waals surface area contributed by atoms with E-state index in [0.29, 0.717) is 17.3 Å². The van der Waals surface area contributed by atoms with Gasteiger partial charge in [0.2, 0.25) is 0 Å². The van der Waals surface area contributed by atoms with E-state index in [4.69, 9.17) is 17.3 Å². The highest BCUT2D eigenvalue weighted by atomic mass is 35.5. The van der Waals surface area contributed by atoms with E-state index < -0.39 is 0 Å². The molecule has 0 saturated carbocycles. The molecule has 1 aromatic carbocycles. The standard InChI is InChI=1S/C13H14ClN3OS/c1-8(9-4-2-3-5-10(9)14)16-13(18)11-7-19-12(6-15)17-11/h2-5,7-8H,6,15H2,1H3,(H,16,18)/t8-/m0/s1. The molecule has 0 aliphatic carbocycles. The molecule has 0 unspecified atom stereocenters. The average Bonchev–Trinajstić information content (AvgIpc) is 2.88. The van der Waals surface area contributed by atoms with Crippen molar-refractivity contribution in [2.75, 3.05) is 0 Å². The van der Waals surface area contributed by atoms with Gasteiger partial charge in [0.1, 0.15) is 10.7 Å². The topological polar surface area (TPSA) is 68.0 Å². The minimum absolute atomic E-state index is 0.177. The highest BCUT2D eigenvalue weighted by molar-refractivity contribution is 7.09. The van der Waals surface area contributed by atoms with Crippen molar-refractivity contribution in [3.05, 3.63) is 50.9 Å². The molecule has 0 spiro atoms. The fourth-order valence-electron chi connectivity index (χ4n) is 1.68. The number of benzene rings is 1. The maximum Gasteiger partial charge on any atom is 0.271 e. The second-order valence-corrected chi connectivity index (χ2v) is 5.40. The summed E-state index contributed by atoms with van der Waals surface area (Å²) in [4.78, 5) is 16.2. The van der Waals surface area contributed by atoms with Gasteiger partial charge in [0.25, 0.3) is 5.91 Å². The quantitative estimate of drug-likeness (QED) is 0.911. The van der Waals surface area contributed by atoms with E-state index in [1.54, 1.807) is 11.4 Å². The SMILES string of the molecule is C[C@H](NC(=O)c1csc(CN)n1)c1ccccc1Cl. The van der Waals surface area contributed by atoms with Gasteiger partial charge in [-0.1, -0.05) is 29.8 Å². The third-order valence-corrected chi connectivity index (χ3v) is 3.89. The maximum atomic E-state index is 12.0. The number of nitrogens with zero attached hydrogens (tertiary/aromatic N) is 1. The Morgan fingerprint density at radius 3 is 2.89 bits per heavy atom. The number of nitrogens with two attached hydrogens (primary N) is 1. The largest absolute Gasteiger partial charge is 0.344 e. The molecule has 1 amide bonds. The number of carbonyl (C=O) groups is 1. The van der Waals surface area contributed by atoms with Crippen LogP contribution in [0.2, 0.25) is 5.02 Å². The van der Waals surface area contributed by atoms with E-state index in [9.17, 15) is 4.79 Å². The van der Waals surface area contributed by atoms with Crippen LogP contribution < -0.4 is 11.1 Å². The predicted molar refractivity (Wildman–Crippen MR) is 77.3 cm³/mol. The average molecular weight is 296 g/mol. The summed E-state index contributed by atoms with van der Waals surface area (Å²) < 4.78 is 0. The molecule has 0 saturated heterocycles. The fourth-order valence-corrected chi connectivity index (χ4v) is 2.64. The van der Waals surface area contributed by atoms with Gasteiger partial charge < -0.3 is 11.1 Å². The van der Waals surface area contributed by atoms with Crippen molar-refractivity contribution < 1.29 is 4.79 Å². The zero-order valence-electron chi connectivity index (χ0n) is 10.4. The Labute approximate surface area is 120 Å². The Morgan fingerprint density at radius 1 is 1.53 bits per heavy atom. The first kappa shape index (κ1) is 14.0. The molecule has 3 N–H and O–H groups in total. The number of hydrogen-bond donors (Lipinski definition) is 2. The van der Waals surface area contributed by atoms with Gasteiger partial charge in [0, 0.05) is 16.9 Å². The van der Waals surface area contributed by atoms with Crippen LogP contribution >= 0.6 is 22.9 Å². The number of halogens is 1.